The van der Waals surface area contributed by atoms with E-state index in [9.17, 15) is 13.2 Å². The molecule has 1 atom stereocenters. The number of fused-ring (bicyclic) bond motifs is 1. The molecule has 3 aromatic rings. The van der Waals surface area contributed by atoms with E-state index in [4.69, 9.17) is 26.2 Å². The summed E-state index contributed by atoms with van der Waals surface area (Å²) in [7, 11) is -2.55. The van der Waals surface area contributed by atoms with Crippen molar-refractivity contribution in [1.29, 1.82) is 0 Å². The molecule has 1 fully saturated rings. The molecule has 164 valence electrons. The Morgan fingerprint density at radius 2 is 1.71 bits per heavy atom. The van der Waals surface area contributed by atoms with Crippen LogP contribution in [0, 0.1) is 0 Å². The highest BCUT2D eigenvalue weighted by Gasteiger charge is 2.16. The first-order valence-electron chi connectivity index (χ1n) is 9.52. The van der Waals surface area contributed by atoms with Gasteiger partial charge in [-0.15, -0.1) is 0 Å². The van der Waals surface area contributed by atoms with E-state index < -0.39 is 21.9 Å². The lowest BCUT2D eigenvalue weighted by Crippen LogP contribution is -2.22. The van der Waals surface area contributed by atoms with Crippen LogP contribution in [-0.4, -0.2) is 47.1 Å². The van der Waals surface area contributed by atoms with E-state index >= 15 is 0 Å². The lowest BCUT2D eigenvalue weighted by atomic mass is 10.3. The van der Waals surface area contributed by atoms with Crippen molar-refractivity contribution < 1.29 is 27.8 Å². The minimum atomic E-state index is -2.55. The smallest absolute Gasteiger partial charge is 0.344 e. The van der Waals surface area contributed by atoms with E-state index in [1.165, 1.54) is 13.1 Å². The van der Waals surface area contributed by atoms with Crippen LogP contribution >= 0.6 is 11.6 Å². The van der Waals surface area contributed by atoms with E-state index in [0.717, 1.165) is 12.8 Å². The minimum Gasteiger partial charge on any atom is -0.479 e. The molecule has 0 bridgehead atoms. The highest BCUT2D eigenvalue weighted by Crippen LogP contribution is 2.24. The van der Waals surface area contributed by atoms with Crippen LogP contribution in [0.5, 0.6) is 17.4 Å². The van der Waals surface area contributed by atoms with Crippen LogP contribution in [-0.2, 0) is 14.6 Å². The van der Waals surface area contributed by atoms with Gasteiger partial charge in [0.05, 0.1) is 28.7 Å². The van der Waals surface area contributed by atoms with E-state index in [0.29, 0.717) is 44.9 Å². The van der Waals surface area contributed by atoms with Crippen molar-refractivity contribution in [3.05, 3.63) is 53.7 Å². The van der Waals surface area contributed by atoms with Crippen LogP contribution in [0.15, 0.2) is 48.7 Å². The third-order valence-corrected chi connectivity index (χ3v) is 6.41. The fourth-order valence-electron chi connectivity index (χ4n) is 2.72. The first kappa shape index (κ1) is 22.8. The van der Waals surface area contributed by atoms with Crippen molar-refractivity contribution in [1.82, 2.24) is 9.97 Å². The number of halogens is 1. The second-order valence-electron chi connectivity index (χ2n) is 6.87. The van der Waals surface area contributed by atoms with Crippen molar-refractivity contribution in [2.24, 2.45) is 0 Å². The van der Waals surface area contributed by atoms with Crippen LogP contribution in [0.2, 0.25) is 5.02 Å². The molecule has 4 rings (SSSR count). The van der Waals surface area contributed by atoms with Gasteiger partial charge in [-0.1, -0.05) is 11.6 Å². The van der Waals surface area contributed by atoms with Gasteiger partial charge in [0.1, 0.15) is 21.3 Å². The van der Waals surface area contributed by atoms with Gasteiger partial charge in [0.2, 0.25) is 5.88 Å². The predicted octanol–water partition coefficient (Wildman–Crippen LogP) is 4.12. The fraction of sp³-hybridized carbons (Fsp3) is 0.286. The average Bonchev–Trinajstić information content (AvgIpc) is 3.14. The van der Waals surface area contributed by atoms with Crippen LogP contribution in [0.4, 0.5) is 0 Å². The standard InChI is InChI=1S/C17H13ClN2O4.C4H8O2S/c1-10(17(21)22)23-12-3-5-13(6-4-12)24-16-9-19-15-8-11(18)2-7-14(15)20-16;5-7(6)3-1-2-4-7/h2-10H,1H3,(H,21,22);1-4H2. The van der Waals surface area contributed by atoms with E-state index in [2.05, 4.69) is 9.97 Å². The summed E-state index contributed by atoms with van der Waals surface area (Å²) in [6.07, 6.45) is 2.34. The lowest BCUT2D eigenvalue weighted by molar-refractivity contribution is -0.144. The normalized spacial score (nSPS) is 15.5. The first-order chi connectivity index (χ1) is 14.7. The third-order valence-electron chi connectivity index (χ3n) is 4.35. The Bertz CT molecular complexity index is 1160. The van der Waals surface area contributed by atoms with Gasteiger partial charge in [-0.2, -0.15) is 0 Å². The Morgan fingerprint density at radius 1 is 1.06 bits per heavy atom. The van der Waals surface area contributed by atoms with Crippen LogP contribution in [0.1, 0.15) is 19.8 Å². The molecule has 10 heteroatoms. The summed E-state index contributed by atoms with van der Waals surface area (Å²) >= 11 is 5.91. The number of hydrogen-bond donors (Lipinski definition) is 1. The minimum absolute atomic E-state index is 0.345. The molecule has 31 heavy (non-hydrogen) atoms. The Kier molecular flexibility index (Phi) is 7.29. The Morgan fingerprint density at radius 3 is 2.29 bits per heavy atom. The molecule has 1 aromatic heterocycles. The highest BCUT2D eigenvalue weighted by atomic mass is 35.5. The quantitative estimate of drug-likeness (QED) is 0.599. The summed E-state index contributed by atoms with van der Waals surface area (Å²) in [6, 6.07) is 11.8. The van der Waals surface area contributed by atoms with E-state index in [1.54, 1.807) is 42.5 Å². The number of sulfone groups is 1. The molecule has 1 saturated heterocycles. The number of rotatable bonds is 5. The second-order valence-corrected chi connectivity index (χ2v) is 9.61. The molecule has 0 saturated carbocycles. The maximum atomic E-state index is 10.8. The monoisotopic (exact) mass is 464 g/mol. The molecule has 0 spiro atoms. The molecule has 1 N–H and O–H groups in total. The van der Waals surface area contributed by atoms with Crippen LogP contribution < -0.4 is 9.47 Å². The van der Waals surface area contributed by atoms with Crippen molar-refractivity contribution >= 4 is 38.4 Å². The summed E-state index contributed by atoms with van der Waals surface area (Å²) < 4.78 is 31.8. The van der Waals surface area contributed by atoms with E-state index in [1.807, 2.05) is 0 Å². The molecule has 0 aliphatic carbocycles. The molecule has 8 nitrogen and oxygen atoms in total. The number of nitrogens with zero attached hydrogens (tertiary/aromatic N) is 2. The summed E-state index contributed by atoms with van der Waals surface area (Å²) in [6.45, 7) is 1.46. The maximum Gasteiger partial charge on any atom is 0.344 e. The Hall–Kier alpha value is -2.91. The molecule has 1 aliphatic rings. The average molecular weight is 465 g/mol. The predicted molar refractivity (Wildman–Crippen MR) is 117 cm³/mol. The molecule has 1 aliphatic heterocycles. The zero-order chi connectivity index (χ0) is 22.4. The molecule has 1 unspecified atom stereocenters. The molecule has 2 heterocycles. The van der Waals surface area contributed by atoms with Gasteiger partial charge in [-0.3, -0.25) is 0 Å². The van der Waals surface area contributed by atoms with Gasteiger partial charge in [0, 0.05) is 5.02 Å². The SMILES string of the molecule is CC(Oc1ccc(Oc2cnc3cc(Cl)ccc3n2)cc1)C(=O)O.O=S1(=O)CCCC1. The van der Waals surface area contributed by atoms with Gasteiger partial charge in [-0.25, -0.2) is 23.2 Å². The molecule has 0 radical (unpaired) electrons. The number of aromatic nitrogens is 2. The summed E-state index contributed by atoms with van der Waals surface area (Å²) in [5.41, 5.74) is 1.35. The second kappa shape index (κ2) is 9.93. The van der Waals surface area contributed by atoms with Gasteiger partial charge < -0.3 is 14.6 Å². The number of hydrogen-bond acceptors (Lipinski definition) is 7. The number of carbonyl (C=O) groups is 1. The first-order valence-corrected chi connectivity index (χ1v) is 11.7. The van der Waals surface area contributed by atoms with Crippen LogP contribution in [0.25, 0.3) is 11.0 Å². The zero-order valence-electron chi connectivity index (χ0n) is 16.7. The maximum absolute atomic E-state index is 10.8. The van der Waals surface area contributed by atoms with Crippen molar-refractivity contribution in [2.75, 3.05) is 11.5 Å². The Balaban J connectivity index is 0.000000330. The summed E-state index contributed by atoms with van der Waals surface area (Å²) in [5.74, 6) is 1.14. The molecule has 0 amide bonds. The van der Waals surface area contributed by atoms with Gasteiger partial charge in [-0.05, 0) is 62.2 Å². The van der Waals surface area contributed by atoms with Crippen molar-refractivity contribution in [3.8, 4) is 17.4 Å². The third kappa shape index (κ3) is 6.80. The summed E-state index contributed by atoms with van der Waals surface area (Å²) in [5, 5.41) is 9.42. The number of carboxylic acids is 1. The number of carboxylic acid groups (broad SMARTS) is 1. The van der Waals surface area contributed by atoms with Crippen LogP contribution in [0.3, 0.4) is 0 Å². The lowest BCUT2D eigenvalue weighted by Gasteiger charge is -2.11. The van der Waals surface area contributed by atoms with E-state index in [-0.39, 0.29) is 0 Å². The zero-order valence-corrected chi connectivity index (χ0v) is 18.3. The van der Waals surface area contributed by atoms with Crippen molar-refractivity contribution in [2.45, 2.75) is 25.9 Å². The topological polar surface area (TPSA) is 116 Å². The van der Waals surface area contributed by atoms with Gasteiger partial charge in [0.25, 0.3) is 0 Å². The van der Waals surface area contributed by atoms with Gasteiger partial charge in [0.15, 0.2) is 6.10 Å². The molecular weight excluding hydrogens is 444 g/mol. The Labute approximate surface area is 184 Å². The summed E-state index contributed by atoms with van der Waals surface area (Å²) in [4.78, 5) is 19.4. The van der Waals surface area contributed by atoms with Gasteiger partial charge >= 0.3 is 5.97 Å². The number of benzene rings is 2. The highest BCUT2D eigenvalue weighted by molar-refractivity contribution is 7.91. The van der Waals surface area contributed by atoms with Crippen molar-refractivity contribution in [3.63, 3.8) is 0 Å². The molecule has 2 aromatic carbocycles. The fourth-order valence-corrected chi connectivity index (χ4v) is 4.38. The largest absolute Gasteiger partial charge is 0.479 e. The number of aliphatic carboxylic acids is 1. The molecular formula is C21H21ClN2O6S. The number of ether oxygens (including phenoxy) is 2.